The van der Waals surface area contributed by atoms with Crippen molar-refractivity contribution in [3.8, 4) is 0 Å². The third kappa shape index (κ3) is 2.99. The molecule has 0 spiro atoms. The molecule has 0 unspecified atom stereocenters. The molecule has 0 bridgehead atoms. The summed E-state index contributed by atoms with van der Waals surface area (Å²) in [7, 11) is 3.85. The molecule has 6 nitrogen and oxygen atoms in total. The van der Waals surface area contributed by atoms with Gasteiger partial charge < -0.3 is 10.6 Å². The van der Waals surface area contributed by atoms with Crippen molar-refractivity contribution in [1.82, 2.24) is 13.9 Å². The minimum Gasteiger partial charge on any atom is -0.399 e. The highest BCUT2D eigenvalue weighted by atomic mass is 35.5. The number of likely N-dealkylation sites (N-methyl/N-ethyl adjacent to an activating group) is 1. The number of rotatable bonds is 3. The number of para-hydroxylation sites is 1. The summed E-state index contributed by atoms with van der Waals surface area (Å²) in [4.78, 5) is 28.3. The maximum atomic E-state index is 13.3. The van der Waals surface area contributed by atoms with Crippen molar-refractivity contribution in [2.24, 2.45) is 0 Å². The molecule has 5 aromatic rings. The summed E-state index contributed by atoms with van der Waals surface area (Å²) in [6.07, 6.45) is 0. The van der Waals surface area contributed by atoms with Crippen LogP contribution in [0.4, 0.5) is 5.69 Å². The lowest BCUT2D eigenvalue weighted by molar-refractivity contribution is 0.376. The molecular formula is C22H22Cl2N4O2. The second-order valence-corrected chi connectivity index (χ2v) is 7.52. The zero-order chi connectivity index (χ0) is 19.6. The second kappa shape index (κ2) is 7.80. The van der Waals surface area contributed by atoms with Gasteiger partial charge in [0.05, 0.1) is 16.4 Å². The molecule has 2 aromatic heterocycles. The lowest BCUT2D eigenvalue weighted by Gasteiger charge is -2.12. The number of anilines is 1. The topological polar surface area (TPSA) is 72.7 Å². The van der Waals surface area contributed by atoms with Crippen LogP contribution in [0, 0.1) is 0 Å². The van der Waals surface area contributed by atoms with Crippen LogP contribution in [0.15, 0.2) is 58.1 Å². The Kier molecular flexibility index (Phi) is 5.69. The number of nitrogens with zero attached hydrogens (tertiary/aromatic N) is 3. The van der Waals surface area contributed by atoms with Crippen LogP contribution in [0.1, 0.15) is 0 Å². The van der Waals surface area contributed by atoms with Crippen molar-refractivity contribution in [2.75, 3.05) is 26.4 Å². The first-order valence-electron chi connectivity index (χ1n) is 9.23. The Labute approximate surface area is 184 Å². The minimum absolute atomic E-state index is 0. The summed E-state index contributed by atoms with van der Waals surface area (Å²) in [6, 6.07) is 15.4. The zero-order valence-corrected chi connectivity index (χ0v) is 18.2. The first-order chi connectivity index (χ1) is 13.5. The van der Waals surface area contributed by atoms with Gasteiger partial charge >= 0.3 is 5.69 Å². The van der Waals surface area contributed by atoms with E-state index >= 15 is 0 Å². The molecule has 5 rings (SSSR count). The Bertz CT molecular complexity index is 1510. The van der Waals surface area contributed by atoms with E-state index in [9.17, 15) is 9.59 Å². The third-order valence-electron chi connectivity index (χ3n) is 5.46. The maximum absolute atomic E-state index is 13.3. The van der Waals surface area contributed by atoms with Gasteiger partial charge in [-0.2, -0.15) is 0 Å². The van der Waals surface area contributed by atoms with E-state index in [1.54, 1.807) is 10.5 Å². The molecule has 30 heavy (non-hydrogen) atoms. The minimum atomic E-state index is -0.291. The Morgan fingerprint density at radius 2 is 1.67 bits per heavy atom. The molecule has 3 aromatic carbocycles. The van der Waals surface area contributed by atoms with E-state index in [0.717, 1.165) is 27.1 Å². The molecule has 0 amide bonds. The molecule has 8 heteroatoms. The first-order valence-corrected chi connectivity index (χ1v) is 9.23. The van der Waals surface area contributed by atoms with E-state index in [4.69, 9.17) is 5.73 Å². The highest BCUT2D eigenvalue weighted by Crippen LogP contribution is 2.35. The van der Waals surface area contributed by atoms with Crippen molar-refractivity contribution in [1.29, 1.82) is 0 Å². The van der Waals surface area contributed by atoms with Gasteiger partial charge in [0.1, 0.15) is 0 Å². The fraction of sp³-hybridized carbons (Fsp3) is 0.182. The Hall–Kier alpha value is -2.80. The van der Waals surface area contributed by atoms with Gasteiger partial charge in [-0.05, 0) is 49.1 Å². The van der Waals surface area contributed by atoms with Crippen LogP contribution < -0.4 is 17.0 Å². The average Bonchev–Trinajstić information content (AvgIpc) is 3.01. The molecule has 0 fully saturated rings. The molecule has 0 radical (unpaired) electrons. The molecule has 0 aliphatic carbocycles. The first kappa shape index (κ1) is 21.9. The molecule has 0 aliphatic rings. The summed E-state index contributed by atoms with van der Waals surface area (Å²) in [5.74, 6) is 0. The molecule has 0 saturated heterocycles. The van der Waals surface area contributed by atoms with Gasteiger partial charge in [0.2, 0.25) is 0 Å². The van der Waals surface area contributed by atoms with Crippen molar-refractivity contribution >= 4 is 68.5 Å². The van der Waals surface area contributed by atoms with Crippen molar-refractivity contribution < 1.29 is 0 Å². The van der Waals surface area contributed by atoms with Gasteiger partial charge in [-0.3, -0.25) is 13.8 Å². The Balaban J connectivity index is 0.00000128. The molecule has 0 atom stereocenters. The van der Waals surface area contributed by atoms with E-state index in [0.29, 0.717) is 29.7 Å². The zero-order valence-electron chi connectivity index (χ0n) is 16.6. The largest absolute Gasteiger partial charge is 0.399 e. The quantitative estimate of drug-likeness (QED) is 0.433. The van der Waals surface area contributed by atoms with E-state index in [1.807, 2.05) is 61.5 Å². The smallest absolute Gasteiger partial charge is 0.336 e. The number of halogens is 2. The van der Waals surface area contributed by atoms with Crippen LogP contribution in [0.25, 0.3) is 38.0 Å². The molecule has 2 heterocycles. The Morgan fingerprint density at radius 1 is 0.933 bits per heavy atom. The standard InChI is InChI=1S/C22H20N4O2.2ClH/c1-24(2)10-11-25-21(27)17-5-3-4-16-19-15-8-7-14(23)12-13(15)6-9-18(19)26(20(16)17)22(25)28;;/h3-9,12H,10-11,23H2,1-2H3;2*1H. The number of fused-ring (bicyclic) bond motifs is 5. The number of hydrogen-bond donors (Lipinski definition) is 1. The van der Waals surface area contributed by atoms with Crippen LogP contribution in [0.3, 0.4) is 0 Å². The predicted molar refractivity (Wildman–Crippen MR) is 129 cm³/mol. The van der Waals surface area contributed by atoms with Crippen molar-refractivity contribution in [2.45, 2.75) is 6.54 Å². The lowest BCUT2D eigenvalue weighted by Crippen LogP contribution is -2.39. The molecule has 0 saturated carbocycles. The highest BCUT2D eigenvalue weighted by molar-refractivity contribution is 6.23. The third-order valence-corrected chi connectivity index (χ3v) is 5.46. The van der Waals surface area contributed by atoms with Gasteiger partial charge in [-0.15, -0.1) is 24.8 Å². The van der Waals surface area contributed by atoms with E-state index < -0.39 is 0 Å². The van der Waals surface area contributed by atoms with Crippen LogP contribution in [-0.4, -0.2) is 34.5 Å². The highest BCUT2D eigenvalue weighted by Gasteiger charge is 2.19. The summed E-state index contributed by atoms with van der Waals surface area (Å²) >= 11 is 0. The lowest BCUT2D eigenvalue weighted by atomic mass is 10.0. The van der Waals surface area contributed by atoms with Gasteiger partial charge in [-0.25, -0.2) is 4.79 Å². The number of benzene rings is 3. The maximum Gasteiger partial charge on any atom is 0.336 e. The number of hydrogen-bond acceptors (Lipinski definition) is 4. The summed E-state index contributed by atoms with van der Waals surface area (Å²) in [5, 5.41) is 4.49. The molecular weight excluding hydrogens is 423 g/mol. The molecule has 156 valence electrons. The number of nitrogen functional groups attached to an aromatic ring is 1. The second-order valence-electron chi connectivity index (χ2n) is 7.52. The van der Waals surface area contributed by atoms with Crippen molar-refractivity contribution in [3.63, 3.8) is 0 Å². The fourth-order valence-electron chi connectivity index (χ4n) is 4.13. The number of aromatic nitrogens is 2. The van der Waals surface area contributed by atoms with Crippen molar-refractivity contribution in [3.05, 3.63) is 69.4 Å². The van der Waals surface area contributed by atoms with Gasteiger partial charge in [0, 0.05) is 29.5 Å². The Morgan fingerprint density at radius 3 is 2.40 bits per heavy atom. The van der Waals surface area contributed by atoms with Crippen LogP contribution in [-0.2, 0) is 6.54 Å². The van der Waals surface area contributed by atoms with Crippen LogP contribution in [0.2, 0.25) is 0 Å². The number of nitrogens with two attached hydrogens (primary N) is 1. The van der Waals surface area contributed by atoms with E-state index in [-0.39, 0.29) is 36.1 Å². The SMILES string of the molecule is CN(C)CCn1c(=O)c2cccc3c4c5ccc(N)cc5ccc4n(c1=O)c23.Cl.Cl. The molecule has 0 aliphatic heterocycles. The molecule has 2 N–H and O–H groups in total. The average molecular weight is 445 g/mol. The normalized spacial score (nSPS) is 11.4. The van der Waals surface area contributed by atoms with Gasteiger partial charge in [-0.1, -0.05) is 24.3 Å². The van der Waals surface area contributed by atoms with Crippen LogP contribution in [0.5, 0.6) is 0 Å². The van der Waals surface area contributed by atoms with E-state index in [2.05, 4.69) is 0 Å². The van der Waals surface area contributed by atoms with Gasteiger partial charge in [0.15, 0.2) is 0 Å². The fourth-order valence-corrected chi connectivity index (χ4v) is 4.13. The van der Waals surface area contributed by atoms with Crippen LogP contribution >= 0.6 is 24.8 Å². The summed E-state index contributed by atoms with van der Waals surface area (Å²) in [6.45, 7) is 0.967. The van der Waals surface area contributed by atoms with Gasteiger partial charge in [0.25, 0.3) is 5.56 Å². The summed E-state index contributed by atoms with van der Waals surface area (Å²) < 4.78 is 3.03. The summed E-state index contributed by atoms with van der Waals surface area (Å²) in [5.41, 5.74) is 7.62. The van der Waals surface area contributed by atoms with E-state index in [1.165, 1.54) is 4.57 Å². The monoisotopic (exact) mass is 444 g/mol. The predicted octanol–water partition coefficient (Wildman–Crippen LogP) is 3.35.